The van der Waals surface area contributed by atoms with Gasteiger partial charge in [-0.15, -0.1) is 0 Å². The van der Waals surface area contributed by atoms with Gasteiger partial charge in [0.1, 0.15) is 0 Å². The average Bonchev–Trinajstić information content (AvgIpc) is 2.49. The summed E-state index contributed by atoms with van der Waals surface area (Å²) in [5.41, 5.74) is 2.14. The Bertz CT molecular complexity index is 457. The van der Waals surface area contributed by atoms with Crippen LogP contribution in [0.2, 0.25) is 0 Å². The molecule has 0 aromatic heterocycles. The van der Waals surface area contributed by atoms with E-state index in [-0.39, 0.29) is 0 Å². The van der Waals surface area contributed by atoms with Crippen LogP contribution in [0, 0.1) is 0 Å². The third-order valence-corrected chi connectivity index (χ3v) is 2.55. The molecule has 0 heterocycles. The zero-order chi connectivity index (χ0) is 13.9. The highest BCUT2D eigenvalue weighted by molar-refractivity contribution is 5.72. The molecule has 0 saturated carbocycles. The van der Waals surface area contributed by atoms with E-state index in [1.165, 1.54) is 18.4 Å². The van der Waals surface area contributed by atoms with Crippen LogP contribution in [0.5, 0.6) is 0 Å². The molecule has 2 aromatic rings. The maximum atomic E-state index is 10.1. The number of hydrogen-bond acceptors (Lipinski definition) is 2. The molecule has 0 saturated heterocycles. The smallest absolute Gasteiger partial charge is 0.228 e. The van der Waals surface area contributed by atoms with Crippen molar-refractivity contribution in [1.29, 1.82) is 0 Å². The number of nitrogens with zero attached hydrogens (tertiary/aromatic N) is 1. The van der Waals surface area contributed by atoms with Crippen molar-refractivity contribution in [3.63, 3.8) is 0 Å². The zero-order valence-corrected chi connectivity index (χ0v) is 11.2. The van der Waals surface area contributed by atoms with Gasteiger partial charge in [-0.2, -0.15) is 0 Å². The van der Waals surface area contributed by atoms with E-state index in [1.807, 2.05) is 18.2 Å². The molecule has 0 aliphatic heterocycles. The number of para-hydroxylation sites is 1. The Hall–Kier alpha value is -2.13. The van der Waals surface area contributed by atoms with E-state index in [0.717, 1.165) is 5.01 Å². The molecule has 0 atom stereocenters. The Morgan fingerprint density at radius 2 is 1.53 bits per heavy atom. The lowest BCUT2D eigenvalue weighted by molar-refractivity contribution is -0.107. The standard InChI is InChI=1S/C9H12.C7H8N2O/c1-2-6-9-7-4-3-5-8-9;8-9(6-10)7-4-2-1-3-5-7/h3-5,7-8H,2,6H2,1H3;1-6H,8H2. The number of benzene rings is 2. The molecule has 0 spiro atoms. The van der Waals surface area contributed by atoms with E-state index in [4.69, 9.17) is 5.84 Å². The van der Waals surface area contributed by atoms with Crippen LogP contribution in [0.1, 0.15) is 18.9 Å². The summed E-state index contributed by atoms with van der Waals surface area (Å²) in [6.07, 6.45) is 3.01. The molecule has 3 heteroatoms. The second-order valence-corrected chi connectivity index (χ2v) is 4.08. The van der Waals surface area contributed by atoms with Crippen molar-refractivity contribution >= 4 is 12.1 Å². The number of hydrazine groups is 1. The molecule has 1 amide bonds. The fraction of sp³-hybridized carbons (Fsp3) is 0.188. The molecule has 100 valence electrons. The van der Waals surface area contributed by atoms with Gasteiger partial charge >= 0.3 is 0 Å². The highest BCUT2D eigenvalue weighted by Crippen LogP contribution is 2.06. The first-order chi connectivity index (χ1) is 9.27. The highest BCUT2D eigenvalue weighted by Gasteiger charge is 1.94. The number of carbonyl (C=O) groups excluding carboxylic acids is 1. The predicted molar refractivity (Wildman–Crippen MR) is 79.6 cm³/mol. The highest BCUT2D eigenvalue weighted by atomic mass is 16.1. The van der Waals surface area contributed by atoms with Crippen molar-refractivity contribution < 1.29 is 4.79 Å². The summed E-state index contributed by atoms with van der Waals surface area (Å²) in [6, 6.07) is 19.6. The Labute approximate surface area is 114 Å². The van der Waals surface area contributed by atoms with Crippen molar-refractivity contribution in [1.82, 2.24) is 0 Å². The van der Waals surface area contributed by atoms with Gasteiger partial charge in [-0.05, 0) is 24.1 Å². The molecule has 2 N–H and O–H groups in total. The average molecular weight is 256 g/mol. The predicted octanol–water partition coefficient (Wildman–Crippen LogP) is 3.16. The minimum atomic E-state index is 0.565. The monoisotopic (exact) mass is 256 g/mol. The molecule has 3 nitrogen and oxygen atoms in total. The number of amides is 1. The SMILES string of the molecule is CCCc1ccccc1.NN(C=O)c1ccccc1. The number of nitrogens with two attached hydrogens (primary N) is 1. The molecule has 0 fully saturated rings. The van der Waals surface area contributed by atoms with Crippen LogP contribution in [-0.2, 0) is 11.2 Å². The first-order valence-corrected chi connectivity index (χ1v) is 6.36. The summed E-state index contributed by atoms with van der Waals surface area (Å²) in [5.74, 6) is 5.26. The maximum Gasteiger partial charge on any atom is 0.228 e. The number of aryl methyl sites for hydroxylation is 1. The maximum absolute atomic E-state index is 10.1. The van der Waals surface area contributed by atoms with Crippen LogP contribution < -0.4 is 10.9 Å². The molecule has 0 unspecified atom stereocenters. The summed E-state index contributed by atoms with van der Waals surface area (Å²) in [7, 11) is 0. The largest absolute Gasteiger partial charge is 0.277 e. The molecular weight excluding hydrogens is 236 g/mol. The molecule has 19 heavy (non-hydrogen) atoms. The van der Waals surface area contributed by atoms with E-state index in [0.29, 0.717) is 12.1 Å². The van der Waals surface area contributed by atoms with E-state index < -0.39 is 0 Å². The zero-order valence-electron chi connectivity index (χ0n) is 11.2. The lowest BCUT2D eigenvalue weighted by atomic mass is 10.1. The molecule has 0 aliphatic rings. The first kappa shape index (κ1) is 14.9. The van der Waals surface area contributed by atoms with Gasteiger partial charge in [-0.25, -0.2) is 5.84 Å². The fourth-order valence-corrected chi connectivity index (χ4v) is 1.59. The van der Waals surface area contributed by atoms with Crippen LogP contribution in [-0.4, -0.2) is 6.41 Å². The minimum absolute atomic E-state index is 0.565. The van der Waals surface area contributed by atoms with Gasteiger partial charge in [0.2, 0.25) is 6.41 Å². The Kier molecular flexibility index (Phi) is 6.98. The van der Waals surface area contributed by atoms with Gasteiger partial charge in [0.05, 0.1) is 5.69 Å². The second-order valence-electron chi connectivity index (χ2n) is 4.08. The third-order valence-electron chi connectivity index (χ3n) is 2.55. The van der Waals surface area contributed by atoms with Gasteiger partial charge < -0.3 is 0 Å². The topological polar surface area (TPSA) is 46.3 Å². The lowest BCUT2D eigenvalue weighted by Crippen LogP contribution is -2.28. The molecule has 0 bridgehead atoms. The number of hydrogen-bond donors (Lipinski definition) is 1. The van der Waals surface area contributed by atoms with E-state index in [1.54, 1.807) is 12.1 Å². The van der Waals surface area contributed by atoms with Crippen molar-refractivity contribution in [3.05, 3.63) is 66.2 Å². The second kappa shape index (κ2) is 8.89. The van der Waals surface area contributed by atoms with Crippen LogP contribution in [0.4, 0.5) is 5.69 Å². The number of rotatable bonds is 4. The van der Waals surface area contributed by atoms with E-state index in [9.17, 15) is 4.79 Å². The van der Waals surface area contributed by atoms with Crippen molar-refractivity contribution in [2.24, 2.45) is 5.84 Å². The molecule has 0 radical (unpaired) electrons. The quantitative estimate of drug-likeness (QED) is 0.395. The van der Waals surface area contributed by atoms with Gasteiger partial charge in [0, 0.05) is 0 Å². The van der Waals surface area contributed by atoms with Crippen LogP contribution >= 0.6 is 0 Å². The van der Waals surface area contributed by atoms with Crippen molar-refractivity contribution in [3.8, 4) is 0 Å². The molecule has 2 rings (SSSR count). The molecule has 2 aromatic carbocycles. The number of carbonyl (C=O) groups is 1. The summed E-state index contributed by atoms with van der Waals surface area (Å²) in [4.78, 5) is 10.1. The van der Waals surface area contributed by atoms with Crippen LogP contribution in [0.25, 0.3) is 0 Å². The Morgan fingerprint density at radius 3 is 2.00 bits per heavy atom. The summed E-state index contributed by atoms with van der Waals surface area (Å²) in [6.45, 7) is 2.20. The minimum Gasteiger partial charge on any atom is -0.277 e. The third kappa shape index (κ3) is 5.84. The molecule has 0 aliphatic carbocycles. The Morgan fingerprint density at radius 1 is 1.00 bits per heavy atom. The van der Waals surface area contributed by atoms with Gasteiger partial charge in [-0.3, -0.25) is 9.80 Å². The van der Waals surface area contributed by atoms with Crippen LogP contribution in [0.15, 0.2) is 60.7 Å². The van der Waals surface area contributed by atoms with Gasteiger partial charge in [-0.1, -0.05) is 61.9 Å². The first-order valence-electron chi connectivity index (χ1n) is 6.36. The Balaban J connectivity index is 0.000000191. The van der Waals surface area contributed by atoms with Crippen molar-refractivity contribution in [2.75, 3.05) is 5.01 Å². The number of anilines is 1. The van der Waals surface area contributed by atoms with Crippen LogP contribution in [0.3, 0.4) is 0 Å². The fourth-order valence-electron chi connectivity index (χ4n) is 1.59. The van der Waals surface area contributed by atoms with Crippen molar-refractivity contribution in [2.45, 2.75) is 19.8 Å². The summed E-state index contributed by atoms with van der Waals surface area (Å²) in [5, 5.41) is 1.03. The molecular formula is C16H20N2O. The lowest BCUT2D eigenvalue weighted by Gasteiger charge is -2.07. The van der Waals surface area contributed by atoms with Gasteiger partial charge in [0.15, 0.2) is 0 Å². The normalized spacial score (nSPS) is 9.16. The van der Waals surface area contributed by atoms with E-state index >= 15 is 0 Å². The summed E-state index contributed by atoms with van der Waals surface area (Å²) >= 11 is 0. The van der Waals surface area contributed by atoms with E-state index in [2.05, 4.69) is 37.3 Å². The summed E-state index contributed by atoms with van der Waals surface area (Å²) < 4.78 is 0. The van der Waals surface area contributed by atoms with Gasteiger partial charge in [0.25, 0.3) is 0 Å².